The largest absolute Gasteiger partial charge is 0.325 e. The number of thioether (sulfide) groups is 1. The molecule has 1 unspecified atom stereocenters. The van der Waals surface area contributed by atoms with Gasteiger partial charge < -0.3 is 10.3 Å². The second-order valence-corrected chi connectivity index (χ2v) is 9.98. The molecule has 4 aromatic rings. The molecular formula is C24H23N3O2S2. The molecule has 0 radical (unpaired) electrons. The molecular weight excluding hydrogens is 426 g/mol. The normalized spacial score (nSPS) is 12.1. The lowest BCUT2D eigenvalue weighted by molar-refractivity contribution is -0.115. The van der Waals surface area contributed by atoms with Gasteiger partial charge in [-0.3, -0.25) is 9.59 Å². The minimum absolute atomic E-state index is 0.131. The minimum Gasteiger partial charge on any atom is -0.325 e. The lowest BCUT2D eigenvalue weighted by atomic mass is 10.0. The molecule has 2 aromatic carbocycles. The number of nitrogens with zero attached hydrogens (tertiary/aromatic N) is 1. The van der Waals surface area contributed by atoms with E-state index in [1.165, 1.54) is 23.1 Å². The van der Waals surface area contributed by atoms with E-state index < -0.39 is 5.25 Å². The summed E-state index contributed by atoms with van der Waals surface area (Å²) in [6.07, 6.45) is 0. The summed E-state index contributed by atoms with van der Waals surface area (Å²) < 4.78 is 0. The monoisotopic (exact) mass is 449 g/mol. The van der Waals surface area contributed by atoms with Crippen molar-refractivity contribution in [2.24, 2.45) is 0 Å². The topological polar surface area (TPSA) is 74.8 Å². The number of carbonyl (C=O) groups excluding carboxylic acids is 1. The maximum absolute atomic E-state index is 12.9. The zero-order valence-corrected chi connectivity index (χ0v) is 19.4. The van der Waals surface area contributed by atoms with Gasteiger partial charge in [-0.25, -0.2) is 4.98 Å². The number of anilines is 1. The first-order chi connectivity index (χ1) is 14.8. The molecule has 0 saturated carbocycles. The highest BCUT2D eigenvalue weighted by Crippen LogP contribution is 2.36. The highest BCUT2D eigenvalue weighted by molar-refractivity contribution is 8.00. The number of thiophene rings is 1. The number of carbonyl (C=O) groups is 1. The second kappa shape index (κ2) is 8.69. The van der Waals surface area contributed by atoms with Crippen LogP contribution in [0.2, 0.25) is 0 Å². The van der Waals surface area contributed by atoms with Crippen molar-refractivity contribution in [2.75, 3.05) is 5.32 Å². The van der Waals surface area contributed by atoms with Crippen LogP contribution < -0.4 is 10.9 Å². The fraction of sp³-hybridized carbons (Fsp3) is 0.208. The smallest absolute Gasteiger partial charge is 0.260 e. The zero-order valence-electron chi connectivity index (χ0n) is 17.8. The third-order valence-corrected chi connectivity index (χ3v) is 7.28. The number of hydrogen-bond donors (Lipinski definition) is 2. The summed E-state index contributed by atoms with van der Waals surface area (Å²) in [5, 5.41) is 3.61. The number of fused-ring (bicyclic) bond motifs is 1. The molecule has 2 heterocycles. The van der Waals surface area contributed by atoms with Crippen LogP contribution in [0.25, 0.3) is 21.3 Å². The number of aromatic nitrogens is 2. The molecule has 2 aromatic heterocycles. The van der Waals surface area contributed by atoms with E-state index in [1.807, 2.05) is 76.2 Å². The van der Waals surface area contributed by atoms with E-state index in [2.05, 4.69) is 15.3 Å². The quantitative estimate of drug-likeness (QED) is 0.303. The molecule has 0 bridgehead atoms. The summed E-state index contributed by atoms with van der Waals surface area (Å²) >= 11 is 2.75. The average molecular weight is 450 g/mol. The van der Waals surface area contributed by atoms with Gasteiger partial charge in [0, 0.05) is 16.1 Å². The van der Waals surface area contributed by atoms with E-state index in [0.717, 1.165) is 32.8 Å². The lowest BCUT2D eigenvalue weighted by Gasteiger charge is -2.14. The first-order valence-corrected chi connectivity index (χ1v) is 11.7. The molecule has 1 amide bonds. The molecule has 0 aliphatic heterocycles. The molecule has 31 heavy (non-hydrogen) atoms. The van der Waals surface area contributed by atoms with Gasteiger partial charge in [0.05, 0.1) is 10.6 Å². The van der Waals surface area contributed by atoms with Crippen molar-refractivity contribution in [3.63, 3.8) is 0 Å². The SMILES string of the molecule is Cc1cccc(NC(=O)C(C)Sc2nc3sc(C)c(-c4ccccc4)c3c(=O)[nH]2)c1C. The third kappa shape index (κ3) is 4.29. The van der Waals surface area contributed by atoms with Crippen LogP contribution in [0.4, 0.5) is 5.69 Å². The molecule has 5 nitrogen and oxygen atoms in total. The zero-order chi connectivity index (χ0) is 22.1. The first-order valence-electron chi connectivity index (χ1n) is 9.97. The number of rotatable bonds is 5. The van der Waals surface area contributed by atoms with Gasteiger partial charge in [0.25, 0.3) is 5.56 Å². The number of nitrogens with one attached hydrogen (secondary N) is 2. The van der Waals surface area contributed by atoms with Crippen LogP contribution in [0.1, 0.15) is 22.9 Å². The van der Waals surface area contributed by atoms with Gasteiger partial charge in [0.1, 0.15) is 4.83 Å². The van der Waals surface area contributed by atoms with Crippen LogP contribution in [0.15, 0.2) is 58.5 Å². The Morgan fingerprint density at radius 1 is 1.10 bits per heavy atom. The Kier molecular flexibility index (Phi) is 5.98. The number of aromatic amines is 1. The fourth-order valence-corrected chi connectivity index (χ4v) is 5.35. The second-order valence-electron chi connectivity index (χ2n) is 7.45. The Balaban J connectivity index is 1.60. The molecule has 0 spiro atoms. The summed E-state index contributed by atoms with van der Waals surface area (Å²) in [4.78, 5) is 34.9. The minimum atomic E-state index is -0.421. The van der Waals surface area contributed by atoms with Gasteiger partial charge in [-0.05, 0) is 50.5 Å². The van der Waals surface area contributed by atoms with E-state index in [0.29, 0.717) is 15.4 Å². The van der Waals surface area contributed by atoms with E-state index in [9.17, 15) is 9.59 Å². The standard InChI is InChI=1S/C24H23N3O2S2/c1-13-9-8-12-18(14(13)2)25-21(28)16(4)31-24-26-22(29)20-19(15(3)30-23(20)27-24)17-10-6-5-7-11-17/h5-12,16H,1-4H3,(H,25,28)(H,26,27,29). The lowest BCUT2D eigenvalue weighted by Crippen LogP contribution is -2.23. The molecule has 4 rings (SSSR count). The number of aryl methyl sites for hydroxylation is 2. The Labute approximate surface area is 188 Å². The average Bonchev–Trinajstić information content (AvgIpc) is 3.08. The van der Waals surface area contributed by atoms with Crippen molar-refractivity contribution < 1.29 is 4.79 Å². The van der Waals surface area contributed by atoms with Crippen molar-refractivity contribution in [1.29, 1.82) is 0 Å². The van der Waals surface area contributed by atoms with Crippen molar-refractivity contribution >= 4 is 44.9 Å². The third-order valence-electron chi connectivity index (χ3n) is 5.30. The van der Waals surface area contributed by atoms with Crippen LogP contribution in [0.5, 0.6) is 0 Å². The van der Waals surface area contributed by atoms with Crippen molar-refractivity contribution in [1.82, 2.24) is 9.97 Å². The first kappa shape index (κ1) is 21.3. The molecule has 2 N–H and O–H groups in total. The maximum atomic E-state index is 12.9. The van der Waals surface area contributed by atoms with Gasteiger partial charge in [-0.15, -0.1) is 11.3 Å². The molecule has 1 atom stereocenters. The van der Waals surface area contributed by atoms with Crippen LogP contribution in [-0.2, 0) is 4.79 Å². The van der Waals surface area contributed by atoms with E-state index in [-0.39, 0.29) is 11.5 Å². The molecule has 0 saturated heterocycles. The highest BCUT2D eigenvalue weighted by atomic mass is 32.2. The van der Waals surface area contributed by atoms with Crippen LogP contribution in [0.3, 0.4) is 0 Å². The summed E-state index contributed by atoms with van der Waals surface area (Å²) in [5.41, 5.74) is 4.71. The van der Waals surface area contributed by atoms with E-state index in [1.54, 1.807) is 0 Å². The molecule has 0 fully saturated rings. The fourth-order valence-electron chi connectivity index (χ4n) is 3.45. The number of hydrogen-bond acceptors (Lipinski definition) is 5. The number of H-pyrrole nitrogens is 1. The van der Waals surface area contributed by atoms with Crippen molar-refractivity contribution in [3.05, 3.63) is 74.9 Å². The number of benzene rings is 2. The predicted octanol–water partition coefficient (Wildman–Crippen LogP) is 5.70. The number of amides is 1. The Bertz CT molecular complexity index is 1330. The van der Waals surface area contributed by atoms with Gasteiger partial charge in [-0.1, -0.05) is 54.2 Å². The van der Waals surface area contributed by atoms with Gasteiger partial charge in [0.15, 0.2) is 5.16 Å². The molecule has 158 valence electrons. The van der Waals surface area contributed by atoms with Crippen LogP contribution in [-0.4, -0.2) is 21.1 Å². The van der Waals surface area contributed by atoms with Crippen LogP contribution >= 0.6 is 23.1 Å². The van der Waals surface area contributed by atoms with Gasteiger partial charge in [0.2, 0.25) is 5.91 Å². The molecule has 7 heteroatoms. The summed E-state index contributed by atoms with van der Waals surface area (Å²) in [5.74, 6) is -0.131. The maximum Gasteiger partial charge on any atom is 0.260 e. The van der Waals surface area contributed by atoms with Gasteiger partial charge >= 0.3 is 0 Å². The summed E-state index contributed by atoms with van der Waals surface area (Å²) in [6, 6.07) is 15.7. The van der Waals surface area contributed by atoms with Crippen LogP contribution in [0, 0.1) is 20.8 Å². The summed E-state index contributed by atoms with van der Waals surface area (Å²) in [6.45, 7) is 7.81. The predicted molar refractivity (Wildman–Crippen MR) is 130 cm³/mol. The van der Waals surface area contributed by atoms with Gasteiger partial charge in [-0.2, -0.15) is 0 Å². The Morgan fingerprint density at radius 3 is 2.58 bits per heavy atom. The van der Waals surface area contributed by atoms with E-state index in [4.69, 9.17) is 0 Å². The molecule has 0 aliphatic carbocycles. The summed E-state index contributed by atoms with van der Waals surface area (Å²) in [7, 11) is 0. The highest BCUT2D eigenvalue weighted by Gasteiger charge is 2.20. The van der Waals surface area contributed by atoms with Crippen molar-refractivity contribution in [2.45, 2.75) is 38.1 Å². The molecule has 0 aliphatic rings. The Hall–Kier alpha value is -2.90. The Morgan fingerprint density at radius 2 is 1.84 bits per heavy atom. The van der Waals surface area contributed by atoms with E-state index >= 15 is 0 Å². The van der Waals surface area contributed by atoms with Crippen molar-refractivity contribution in [3.8, 4) is 11.1 Å².